The van der Waals surface area contributed by atoms with Crippen LogP contribution in [0.2, 0.25) is 0 Å². The highest BCUT2D eigenvalue weighted by Gasteiger charge is 2.20. The highest BCUT2D eigenvalue weighted by atomic mass is 16.5. The van der Waals surface area contributed by atoms with Gasteiger partial charge in [0.1, 0.15) is 5.75 Å². The predicted molar refractivity (Wildman–Crippen MR) is 76.9 cm³/mol. The van der Waals surface area contributed by atoms with Crippen molar-refractivity contribution in [2.24, 2.45) is 0 Å². The largest absolute Gasteiger partial charge is 0.493 e. The van der Waals surface area contributed by atoms with E-state index in [0.717, 1.165) is 30.9 Å². The fraction of sp³-hybridized carbons (Fsp3) is 0.312. The van der Waals surface area contributed by atoms with E-state index < -0.39 is 0 Å². The first-order chi connectivity index (χ1) is 9.88. The average molecular weight is 270 g/mol. The van der Waals surface area contributed by atoms with Gasteiger partial charge in [0.25, 0.3) is 0 Å². The molecule has 104 valence electrons. The first-order valence-corrected chi connectivity index (χ1v) is 6.81. The van der Waals surface area contributed by atoms with Crippen molar-refractivity contribution < 1.29 is 9.47 Å². The van der Waals surface area contributed by atoms with E-state index in [2.05, 4.69) is 16.4 Å². The molecule has 0 saturated carbocycles. The Morgan fingerprint density at radius 1 is 1.30 bits per heavy atom. The number of methoxy groups -OCH3 is 1. The fourth-order valence-corrected chi connectivity index (χ4v) is 2.53. The molecular formula is C16H18N2O2. The Morgan fingerprint density at radius 2 is 2.20 bits per heavy atom. The Balaban J connectivity index is 1.73. The Hall–Kier alpha value is -2.07. The van der Waals surface area contributed by atoms with Gasteiger partial charge in [-0.1, -0.05) is 24.3 Å². The molecule has 0 amide bonds. The van der Waals surface area contributed by atoms with Crippen LogP contribution in [0.3, 0.4) is 0 Å². The molecule has 1 aliphatic heterocycles. The van der Waals surface area contributed by atoms with Gasteiger partial charge in [0.15, 0.2) is 0 Å². The van der Waals surface area contributed by atoms with Crippen molar-refractivity contribution in [1.82, 2.24) is 10.3 Å². The second kappa shape index (κ2) is 5.92. The quantitative estimate of drug-likeness (QED) is 0.927. The minimum atomic E-state index is 0.310. The first kappa shape index (κ1) is 12.9. The Bertz CT molecular complexity index is 586. The van der Waals surface area contributed by atoms with Crippen LogP contribution in [0.1, 0.15) is 23.6 Å². The summed E-state index contributed by atoms with van der Waals surface area (Å²) >= 11 is 0. The number of nitrogens with one attached hydrogen (secondary N) is 1. The summed E-state index contributed by atoms with van der Waals surface area (Å²) in [5, 5.41) is 3.57. The maximum Gasteiger partial charge on any atom is 0.217 e. The lowest BCUT2D eigenvalue weighted by atomic mass is 10.0. The van der Waals surface area contributed by atoms with Gasteiger partial charge in [0.2, 0.25) is 5.88 Å². The number of pyridine rings is 1. The zero-order valence-corrected chi connectivity index (χ0v) is 11.5. The number of aromatic nitrogens is 1. The van der Waals surface area contributed by atoms with Crippen LogP contribution in [0.4, 0.5) is 0 Å². The van der Waals surface area contributed by atoms with Crippen LogP contribution in [-0.2, 0) is 6.54 Å². The summed E-state index contributed by atoms with van der Waals surface area (Å²) in [6.45, 7) is 1.48. The van der Waals surface area contributed by atoms with Gasteiger partial charge in [-0.05, 0) is 12.1 Å². The van der Waals surface area contributed by atoms with E-state index in [9.17, 15) is 0 Å². The Labute approximate surface area is 118 Å². The average Bonchev–Trinajstić information content (AvgIpc) is 2.53. The molecule has 1 aromatic heterocycles. The van der Waals surface area contributed by atoms with Crippen LogP contribution < -0.4 is 14.8 Å². The van der Waals surface area contributed by atoms with Gasteiger partial charge in [-0.2, -0.15) is 0 Å². The number of para-hydroxylation sites is 1. The van der Waals surface area contributed by atoms with Gasteiger partial charge in [-0.3, -0.25) is 0 Å². The molecule has 3 rings (SSSR count). The predicted octanol–water partition coefficient (Wildman–Crippen LogP) is 2.70. The van der Waals surface area contributed by atoms with Gasteiger partial charge in [-0.25, -0.2) is 4.98 Å². The topological polar surface area (TPSA) is 43.4 Å². The lowest BCUT2D eigenvalue weighted by Crippen LogP contribution is -2.26. The van der Waals surface area contributed by atoms with Gasteiger partial charge in [0, 0.05) is 36.3 Å². The monoisotopic (exact) mass is 270 g/mol. The minimum absolute atomic E-state index is 0.310. The molecule has 0 radical (unpaired) electrons. The summed E-state index contributed by atoms with van der Waals surface area (Å²) < 4.78 is 11.0. The number of ether oxygens (including phenoxy) is 2. The molecule has 0 spiro atoms. The number of hydrogen-bond acceptors (Lipinski definition) is 4. The smallest absolute Gasteiger partial charge is 0.217 e. The second-order valence-electron chi connectivity index (χ2n) is 4.78. The molecule has 2 heterocycles. The highest BCUT2D eigenvalue weighted by Crippen LogP contribution is 2.31. The molecule has 0 fully saturated rings. The third-order valence-corrected chi connectivity index (χ3v) is 3.54. The number of fused-ring (bicyclic) bond motifs is 1. The van der Waals surface area contributed by atoms with Gasteiger partial charge in [0.05, 0.1) is 13.7 Å². The van der Waals surface area contributed by atoms with Crippen LogP contribution >= 0.6 is 0 Å². The van der Waals surface area contributed by atoms with Crippen molar-refractivity contribution in [2.45, 2.75) is 19.0 Å². The summed E-state index contributed by atoms with van der Waals surface area (Å²) in [5.74, 6) is 1.66. The molecule has 0 aliphatic carbocycles. The molecule has 20 heavy (non-hydrogen) atoms. The molecule has 2 aromatic rings. The molecule has 0 bridgehead atoms. The van der Waals surface area contributed by atoms with Gasteiger partial charge >= 0.3 is 0 Å². The summed E-state index contributed by atoms with van der Waals surface area (Å²) in [6.07, 6.45) is 2.71. The van der Waals surface area contributed by atoms with Crippen molar-refractivity contribution in [1.29, 1.82) is 0 Å². The summed E-state index contributed by atoms with van der Waals surface area (Å²) in [6, 6.07) is 12.5. The number of benzene rings is 1. The summed E-state index contributed by atoms with van der Waals surface area (Å²) in [4.78, 5) is 4.22. The van der Waals surface area contributed by atoms with Crippen LogP contribution in [-0.4, -0.2) is 18.7 Å². The zero-order chi connectivity index (χ0) is 13.8. The molecule has 1 unspecified atom stereocenters. The second-order valence-corrected chi connectivity index (χ2v) is 4.78. The molecule has 1 atom stereocenters. The Kier molecular flexibility index (Phi) is 3.83. The van der Waals surface area contributed by atoms with E-state index in [4.69, 9.17) is 9.47 Å². The van der Waals surface area contributed by atoms with E-state index in [1.54, 1.807) is 13.3 Å². The van der Waals surface area contributed by atoms with Gasteiger partial charge in [-0.15, -0.1) is 0 Å². The maximum atomic E-state index is 5.67. The van der Waals surface area contributed by atoms with Crippen LogP contribution in [0.15, 0.2) is 42.6 Å². The van der Waals surface area contributed by atoms with Crippen LogP contribution in [0.5, 0.6) is 11.6 Å². The highest BCUT2D eigenvalue weighted by molar-refractivity contribution is 5.37. The van der Waals surface area contributed by atoms with E-state index in [0.29, 0.717) is 11.9 Å². The van der Waals surface area contributed by atoms with Crippen LogP contribution in [0.25, 0.3) is 0 Å². The van der Waals surface area contributed by atoms with Crippen molar-refractivity contribution >= 4 is 0 Å². The van der Waals surface area contributed by atoms with E-state index >= 15 is 0 Å². The van der Waals surface area contributed by atoms with Gasteiger partial charge < -0.3 is 14.8 Å². The third-order valence-electron chi connectivity index (χ3n) is 3.54. The molecule has 1 aromatic carbocycles. The standard InChI is InChI=1S/C16H18N2O2/c1-19-16-12(5-4-9-17-16)11-18-14-8-10-20-15-7-3-2-6-13(14)15/h2-7,9,14,18H,8,10-11H2,1H3. The summed E-state index contributed by atoms with van der Waals surface area (Å²) in [7, 11) is 1.65. The van der Waals surface area contributed by atoms with E-state index in [1.807, 2.05) is 30.3 Å². The lowest BCUT2D eigenvalue weighted by molar-refractivity contribution is 0.251. The minimum Gasteiger partial charge on any atom is -0.493 e. The lowest BCUT2D eigenvalue weighted by Gasteiger charge is -2.26. The molecule has 0 saturated heterocycles. The molecule has 4 nitrogen and oxygen atoms in total. The number of hydrogen-bond donors (Lipinski definition) is 1. The summed E-state index contributed by atoms with van der Waals surface area (Å²) in [5.41, 5.74) is 2.29. The van der Waals surface area contributed by atoms with Crippen molar-refractivity contribution in [3.05, 3.63) is 53.7 Å². The normalized spacial score (nSPS) is 17.1. The fourth-order valence-electron chi connectivity index (χ4n) is 2.53. The first-order valence-electron chi connectivity index (χ1n) is 6.81. The number of nitrogens with zero attached hydrogens (tertiary/aromatic N) is 1. The van der Waals surface area contributed by atoms with Crippen LogP contribution in [0, 0.1) is 0 Å². The SMILES string of the molecule is COc1ncccc1CNC1CCOc2ccccc21. The molecule has 1 aliphatic rings. The van der Waals surface area contributed by atoms with Crippen molar-refractivity contribution in [3.63, 3.8) is 0 Å². The molecular weight excluding hydrogens is 252 g/mol. The third kappa shape index (κ3) is 2.60. The van der Waals surface area contributed by atoms with Crippen molar-refractivity contribution in [2.75, 3.05) is 13.7 Å². The number of rotatable bonds is 4. The Morgan fingerprint density at radius 3 is 3.10 bits per heavy atom. The van der Waals surface area contributed by atoms with Crippen molar-refractivity contribution in [3.8, 4) is 11.6 Å². The maximum absolute atomic E-state index is 5.67. The molecule has 4 heteroatoms. The molecule has 1 N–H and O–H groups in total. The van der Waals surface area contributed by atoms with E-state index in [-0.39, 0.29) is 0 Å². The zero-order valence-electron chi connectivity index (χ0n) is 11.5. The van der Waals surface area contributed by atoms with E-state index in [1.165, 1.54) is 5.56 Å².